The number of benzene rings is 1. The van der Waals surface area contributed by atoms with Crippen molar-refractivity contribution >= 4 is 11.8 Å². The molecule has 0 saturated heterocycles. The fraction of sp³-hybridized carbons (Fsp3) is 0.333. The van der Waals surface area contributed by atoms with Gasteiger partial charge >= 0.3 is 0 Å². The van der Waals surface area contributed by atoms with Crippen LogP contribution in [0.3, 0.4) is 0 Å². The highest BCUT2D eigenvalue weighted by molar-refractivity contribution is 7.99. The molecular formula is C12H16N4S. The fourth-order valence-electron chi connectivity index (χ4n) is 1.45. The minimum absolute atomic E-state index is 0.721. The van der Waals surface area contributed by atoms with Gasteiger partial charge in [0, 0.05) is 10.6 Å². The van der Waals surface area contributed by atoms with Gasteiger partial charge in [0.25, 0.3) is 0 Å². The molecule has 0 fully saturated rings. The van der Waals surface area contributed by atoms with Crippen LogP contribution >= 0.6 is 11.8 Å². The minimum atomic E-state index is 0.721. The molecule has 0 aliphatic carbocycles. The normalized spacial score (nSPS) is 10.6. The second-order valence-corrected chi connectivity index (χ2v) is 4.78. The fourth-order valence-corrected chi connectivity index (χ4v) is 2.32. The van der Waals surface area contributed by atoms with E-state index in [0.29, 0.717) is 0 Å². The molecule has 1 N–H and O–H groups in total. The second-order valence-electron chi connectivity index (χ2n) is 3.62. The maximum absolute atomic E-state index is 4.36. The van der Waals surface area contributed by atoms with Crippen LogP contribution in [0.4, 0.5) is 0 Å². The molecule has 0 radical (unpaired) electrons. The third kappa shape index (κ3) is 3.87. The molecule has 5 heteroatoms. The first-order chi connectivity index (χ1) is 8.38. The lowest BCUT2D eigenvalue weighted by Gasteiger charge is -2.01. The van der Waals surface area contributed by atoms with Gasteiger partial charge in [-0.15, -0.1) is 11.8 Å². The van der Waals surface area contributed by atoms with E-state index in [1.54, 1.807) is 6.33 Å². The summed E-state index contributed by atoms with van der Waals surface area (Å²) in [6, 6.07) is 10.4. The average Bonchev–Trinajstić information content (AvgIpc) is 2.79. The maximum Gasteiger partial charge on any atom is 0.164 e. The zero-order chi connectivity index (χ0) is 11.9. The maximum atomic E-state index is 4.36. The molecule has 0 unspecified atom stereocenters. The van der Waals surface area contributed by atoms with Crippen LogP contribution in [0, 0.1) is 0 Å². The van der Waals surface area contributed by atoms with Gasteiger partial charge in [0.2, 0.25) is 0 Å². The van der Waals surface area contributed by atoms with Crippen LogP contribution in [-0.2, 0) is 13.1 Å². The largest absolute Gasteiger partial charge is 0.313 e. The number of rotatable bonds is 6. The summed E-state index contributed by atoms with van der Waals surface area (Å²) in [4.78, 5) is 5.51. The molecule has 17 heavy (non-hydrogen) atoms. The highest BCUT2D eigenvalue weighted by atomic mass is 32.2. The predicted octanol–water partition coefficient (Wildman–Crippen LogP) is 1.79. The molecule has 1 heterocycles. The van der Waals surface area contributed by atoms with Crippen molar-refractivity contribution in [2.45, 2.75) is 18.0 Å². The number of nitrogens with one attached hydrogen (secondary N) is 1. The Balaban J connectivity index is 1.78. The van der Waals surface area contributed by atoms with Crippen molar-refractivity contribution in [3.05, 3.63) is 42.5 Å². The first kappa shape index (κ1) is 12.1. The lowest BCUT2D eigenvalue weighted by Crippen LogP contribution is -2.08. The summed E-state index contributed by atoms with van der Waals surface area (Å²) in [5.41, 5.74) is 0. The summed E-state index contributed by atoms with van der Waals surface area (Å²) in [5.74, 6) is 1.85. The first-order valence-electron chi connectivity index (χ1n) is 5.59. The zero-order valence-electron chi connectivity index (χ0n) is 9.84. The first-order valence-corrected chi connectivity index (χ1v) is 6.58. The third-order valence-corrected chi connectivity index (χ3v) is 3.24. The van der Waals surface area contributed by atoms with Crippen LogP contribution in [0.25, 0.3) is 0 Å². The monoisotopic (exact) mass is 248 g/mol. The van der Waals surface area contributed by atoms with E-state index in [-0.39, 0.29) is 0 Å². The summed E-state index contributed by atoms with van der Waals surface area (Å²) in [6.45, 7) is 1.61. The van der Waals surface area contributed by atoms with E-state index in [1.807, 2.05) is 29.6 Å². The van der Waals surface area contributed by atoms with Crippen LogP contribution < -0.4 is 5.32 Å². The Labute approximate surface area is 105 Å². The van der Waals surface area contributed by atoms with Crippen molar-refractivity contribution in [1.82, 2.24) is 20.1 Å². The summed E-state index contributed by atoms with van der Waals surface area (Å²) < 4.78 is 1.89. The smallest absolute Gasteiger partial charge is 0.164 e. The molecule has 2 aromatic rings. The van der Waals surface area contributed by atoms with E-state index in [0.717, 1.165) is 24.7 Å². The number of thioether (sulfide) groups is 1. The number of aryl methyl sites for hydroxylation is 1. The predicted molar refractivity (Wildman–Crippen MR) is 70.0 cm³/mol. The van der Waals surface area contributed by atoms with Gasteiger partial charge in [-0.05, 0) is 19.2 Å². The molecule has 0 aliphatic rings. The molecule has 1 aromatic carbocycles. The van der Waals surface area contributed by atoms with Crippen molar-refractivity contribution in [1.29, 1.82) is 0 Å². The van der Waals surface area contributed by atoms with Crippen molar-refractivity contribution < 1.29 is 0 Å². The molecular weight excluding hydrogens is 232 g/mol. The van der Waals surface area contributed by atoms with E-state index >= 15 is 0 Å². The number of nitrogens with zero attached hydrogens (tertiary/aromatic N) is 3. The van der Waals surface area contributed by atoms with Gasteiger partial charge in [0.1, 0.15) is 6.33 Å². The summed E-state index contributed by atoms with van der Waals surface area (Å²) in [5, 5.41) is 7.40. The zero-order valence-corrected chi connectivity index (χ0v) is 10.7. The van der Waals surface area contributed by atoms with Crippen molar-refractivity contribution in [2.75, 3.05) is 12.8 Å². The summed E-state index contributed by atoms with van der Waals surface area (Å²) in [7, 11) is 1.89. The molecule has 4 nitrogen and oxygen atoms in total. The SMILES string of the molecule is CNCc1ncn(CCSc2ccccc2)n1. The van der Waals surface area contributed by atoms with Crippen molar-refractivity contribution in [2.24, 2.45) is 0 Å². The van der Waals surface area contributed by atoms with Gasteiger partial charge in [-0.2, -0.15) is 5.10 Å². The lowest BCUT2D eigenvalue weighted by atomic mass is 10.4. The molecule has 0 bridgehead atoms. The summed E-state index contributed by atoms with van der Waals surface area (Å²) in [6.07, 6.45) is 1.79. The highest BCUT2D eigenvalue weighted by Crippen LogP contribution is 2.16. The second kappa shape index (κ2) is 6.42. The van der Waals surface area contributed by atoms with Gasteiger partial charge in [-0.3, -0.25) is 4.68 Å². The van der Waals surface area contributed by atoms with Crippen molar-refractivity contribution in [3.63, 3.8) is 0 Å². The Morgan fingerprint density at radius 3 is 2.88 bits per heavy atom. The van der Waals surface area contributed by atoms with Crippen LogP contribution in [-0.4, -0.2) is 27.6 Å². The molecule has 0 atom stereocenters. The van der Waals surface area contributed by atoms with Gasteiger partial charge < -0.3 is 5.32 Å². The minimum Gasteiger partial charge on any atom is -0.313 e. The number of aromatic nitrogens is 3. The van der Waals surface area contributed by atoms with E-state index in [2.05, 4.69) is 39.7 Å². The Bertz CT molecular complexity index is 441. The number of hydrogen-bond donors (Lipinski definition) is 1. The van der Waals surface area contributed by atoms with Crippen LogP contribution in [0.2, 0.25) is 0 Å². The molecule has 0 aliphatic heterocycles. The average molecular weight is 248 g/mol. The van der Waals surface area contributed by atoms with Gasteiger partial charge in [0.05, 0.1) is 13.1 Å². The van der Waals surface area contributed by atoms with Crippen LogP contribution in [0.15, 0.2) is 41.6 Å². The van der Waals surface area contributed by atoms with Gasteiger partial charge in [0.15, 0.2) is 5.82 Å². The van der Waals surface area contributed by atoms with E-state index in [9.17, 15) is 0 Å². The van der Waals surface area contributed by atoms with Gasteiger partial charge in [-0.1, -0.05) is 18.2 Å². The molecule has 1 aromatic heterocycles. The highest BCUT2D eigenvalue weighted by Gasteiger charge is 1.99. The van der Waals surface area contributed by atoms with Crippen LogP contribution in [0.5, 0.6) is 0 Å². The van der Waals surface area contributed by atoms with E-state index in [1.165, 1.54) is 4.90 Å². The Morgan fingerprint density at radius 2 is 2.12 bits per heavy atom. The van der Waals surface area contributed by atoms with E-state index < -0.39 is 0 Å². The number of hydrogen-bond acceptors (Lipinski definition) is 4. The Kier molecular flexibility index (Phi) is 4.58. The Morgan fingerprint density at radius 1 is 1.29 bits per heavy atom. The quantitative estimate of drug-likeness (QED) is 0.791. The molecule has 2 rings (SSSR count). The van der Waals surface area contributed by atoms with Gasteiger partial charge in [-0.25, -0.2) is 4.98 Å². The van der Waals surface area contributed by atoms with Crippen LogP contribution in [0.1, 0.15) is 5.82 Å². The third-order valence-electron chi connectivity index (χ3n) is 2.25. The summed E-state index contributed by atoms with van der Waals surface area (Å²) >= 11 is 1.83. The standard InChI is InChI=1S/C12H16N4S/c1-13-9-12-14-10-16(15-12)7-8-17-11-5-3-2-4-6-11/h2-6,10,13H,7-9H2,1H3. The topological polar surface area (TPSA) is 42.7 Å². The van der Waals surface area contributed by atoms with E-state index in [4.69, 9.17) is 0 Å². The lowest BCUT2D eigenvalue weighted by molar-refractivity contribution is 0.643. The Hall–Kier alpha value is -1.33. The van der Waals surface area contributed by atoms with Crippen molar-refractivity contribution in [3.8, 4) is 0 Å². The molecule has 0 amide bonds. The molecule has 90 valence electrons. The molecule has 0 saturated carbocycles. The molecule has 0 spiro atoms.